The maximum atomic E-state index is 4.37. The van der Waals surface area contributed by atoms with Gasteiger partial charge in [-0.1, -0.05) is 12.1 Å². The third-order valence-corrected chi connectivity index (χ3v) is 3.21. The van der Waals surface area contributed by atoms with Crippen LogP contribution >= 0.6 is 0 Å². The van der Waals surface area contributed by atoms with Gasteiger partial charge < -0.3 is 5.32 Å². The highest BCUT2D eigenvalue weighted by Crippen LogP contribution is 2.15. The average Bonchev–Trinajstić information content (AvgIpc) is 2.89. The molecule has 0 bridgehead atoms. The van der Waals surface area contributed by atoms with Crippen LogP contribution in [-0.4, -0.2) is 25.3 Å². The molecule has 0 unspecified atom stereocenters. The Labute approximate surface area is 124 Å². The van der Waals surface area contributed by atoms with Crippen LogP contribution in [0.1, 0.15) is 26.5 Å². The predicted octanol–water partition coefficient (Wildman–Crippen LogP) is 2.70. The second kappa shape index (κ2) is 5.26. The predicted molar refractivity (Wildman–Crippen MR) is 83.3 cm³/mol. The number of nitrogens with one attached hydrogen (secondary N) is 1. The van der Waals surface area contributed by atoms with Crippen molar-refractivity contribution >= 4 is 11.0 Å². The molecule has 5 nitrogen and oxygen atoms in total. The van der Waals surface area contributed by atoms with Crippen LogP contribution in [0.4, 0.5) is 0 Å². The smallest absolute Gasteiger partial charge is 0.161 e. The van der Waals surface area contributed by atoms with Gasteiger partial charge in [0.1, 0.15) is 6.33 Å². The maximum absolute atomic E-state index is 4.37. The zero-order chi connectivity index (χ0) is 14.9. The second-order valence-corrected chi connectivity index (χ2v) is 6.09. The standard InChI is InChI=1S/C16H19N5/c1-16(2,3)18-10-12-8-9-15(20-19-12)21-11-17-13-6-4-5-7-14(13)21/h4-9,11,18H,10H2,1-3H3. The Morgan fingerprint density at radius 2 is 1.86 bits per heavy atom. The lowest BCUT2D eigenvalue weighted by atomic mass is 10.1. The van der Waals surface area contributed by atoms with Crippen molar-refractivity contribution in [3.05, 3.63) is 48.4 Å². The number of aromatic nitrogens is 4. The fourth-order valence-electron chi connectivity index (χ4n) is 2.07. The van der Waals surface area contributed by atoms with Gasteiger partial charge in [0.2, 0.25) is 0 Å². The van der Waals surface area contributed by atoms with E-state index in [1.165, 1.54) is 0 Å². The fraction of sp³-hybridized carbons (Fsp3) is 0.312. The van der Waals surface area contributed by atoms with Crippen molar-refractivity contribution in [1.82, 2.24) is 25.1 Å². The molecule has 1 aromatic carbocycles. The van der Waals surface area contributed by atoms with E-state index in [1.807, 2.05) is 41.0 Å². The topological polar surface area (TPSA) is 55.6 Å². The molecular formula is C16H19N5. The minimum Gasteiger partial charge on any atom is -0.306 e. The van der Waals surface area contributed by atoms with E-state index in [-0.39, 0.29) is 5.54 Å². The molecule has 3 rings (SSSR count). The lowest BCUT2D eigenvalue weighted by Gasteiger charge is -2.19. The summed E-state index contributed by atoms with van der Waals surface area (Å²) in [5.41, 5.74) is 2.99. The molecule has 5 heteroatoms. The molecule has 2 heterocycles. The van der Waals surface area contributed by atoms with Crippen LogP contribution in [0, 0.1) is 0 Å². The van der Waals surface area contributed by atoms with E-state index in [1.54, 1.807) is 6.33 Å². The van der Waals surface area contributed by atoms with Crippen LogP contribution in [0.5, 0.6) is 0 Å². The summed E-state index contributed by atoms with van der Waals surface area (Å²) in [5.74, 6) is 0.781. The molecular weight excluding hydrogens is 262 g/mol. The Hall–Kier alpha value is -2.27. The van der Waals surface area contributed by atoms with Crippen LogP contribution in [0.15, 0.2) is 42.7 Å². The molecule has 0 fully saturated rings. The van der Waals surface area contributed by atoms with Crippen molar-refractivity contribution in [3.63, 3.8) is 0 Å². The van der Waals surface area contributed by atoms with Gasteiger partial charge in [-0.3, -0.25) is 4.57 Å². The van der Waals surface area contributed by atoms with Crippen molar-refractivity contribution in [2.24, 2.45) is 0 Å². The average molecular weight is 281 g/mol. The van der Waals surface area contributed by atoms with Gasteiger partial charge in [0.25, 0.3) is 0 Å². The summed E-state index contributed by atoms with van der Waals surface area (Å²) in [4.78, 5) is 4.37. The molecule has 0 aliphatic carbocycles. The third-order valence-electron chi connectivity index (χ3n) is 3.21. The highest BCUT2D eigenvalue weighted by molar-refractivity contribution is 5.76. The van der Waals surface area contributed by atoms with Gasteiger partial charge in [-0.15, -0.1) is 5.10 Å². The summed E-state index contributed by atoms with van der Waals surface area (Å²) in [6, 6.07) is 12.0. The number of benzene rings is 1. The Balaban J connectivity index is 1.84. The normalized spacial score (nSPS) is 12.0. The minimum absolute atomic E-state index is 0.0703. The van der Waals surface area contributed by atoms with Gasteiger partial charge in [-0.2, -0.15) is 5.10 Å². The Kier molecular flexibility index (Phi) is 3.43. The molecule has 0 spiro atoms. The molecule has 0 aliphatic rings. The summed E-state index contributed by atoms with van der Waals surface area (Å²) < 4.78 is 1.95. The number of imidazole rings is 1. The third kappa shape index (κ3) is 3.08. The quantitative estimate of drug-likeness (QED) is 0.802. The van der Waals surface area contributed by atoms with Crippen molar-refractivity contribution in [2.45, 2.75) is 32.9 Å². The number of para-hydroxylation sites is 2. The fourth-order valence-corrected chi connectivity index (χ4v) is 2.07. The zero-order valence-electron chi connectivity index (χ0n) is 12.5. The van der Waals surface area contributed by atoms with E-state index < -0.39 is 0 Å². The number of fused-ring (bicyclic) bond motifs is 1. The number of hydrogen-bond acceptors (Lipinski definition) is 4. The number of hydrogen-bond donors (Lipinski definition) is 1. The molecule has 0 atom stereocenters. The first-order valence-corrected chi connectivity index (χ1v) is 7.03. The number of rotatable bonds is 3. The molecule has 3 aromatic rings. The summed E-state index contributed by atoms with van der Waals surface area (Å²) in [7, 11) is 0. The van der Waals surface area contributed by atoms with E-state index in [0.29, 0.717) is 6.54 Å². The largest absolute Gasteiger partial charge is 0.306 e. The highest BCUT2D eigenvalue weighted by Gasteiger charge is 2.10. The van der Waals surface area contributed by atoms with Crippen LogP contribution < -0.4 is 5.32 Å². The molecule has 0 aliphatic heterocycles. The van der Waals surface area contributed by atoms with Gasteiger partial charge in [-0.25, -0.2) is 4.98 Å². The SMILES string of the molecule is CC(C)(C)NCc1ccc(-n2cnc3ccccc32)nn1. The van der Waals surface area contributed by atoms with Crippen molar-refractivity contribution in [3.8, 4) is 5.82 Å². The first kappa shape index (κ1) is 13.7. The Morgan fingerprint density at radius 1 is 1.05 bits per heavy atom. The zero-order valence-corrected chi connectivity index (χ0v) is 12.5. The lowest BCUT2D eigenvalue weighted by Crippen LogP contribution is -2.35. The van der Waals surface area contributed by atoms with Gasteiger partial charge in [0.15, 0.2) is 5.82 Å². The van der Waals surface area contributed by atoms with Gasteiger partial charge >= 0.3 is 0 Å². The van der Waals surface area contributed by atoms with Crippen molar-refractivity contribution in [1.29, 1.82) is 0 Å². The van der Waals surface area contributed by atoms with E-state index in [2.05, 4.69) is 41.3 Å². The molecule has 21 heavy (non-hydrogen) atoms. The summed E-state index contributed by atoms with van der Waals surface area (Å²) in [6.07, 6.45) is 1.78. The van der Waals surface area contributed by atoms with E-state index in [9.17, 15) is 0 Å². The minimum atomic E-state index is 0.0703. The molecule has 0 saturated heterocycles. The van der Waals surface area contributed by atoms with Crippen LogP contribution in [-0.2, 0) is 6.54 Å². The van der Waals surface area contributed by atoms with Crippen LogP contribution in [0.2, 0.25) is 0 Å². The van der Waals surface area contributed by atoms with Gasteiger partial charge in [-0.05, 0) is 45.0 Å². The Bertz CT molecular complexity index is 737. The first-order valence-electron chi connectivity index (χ1n) is 7.03. The summed E-state index contributed by atoms with van der Waals surface area (Å²) in [6.45, 7) is 7.10. The molecule has 0 radical (unpaired) electrons. The molecule has 1 N–H and O–H groups in total. The molecule has 2 aromatic heterocycles. The van der Waals surface area contributed by atoms with Gasteiger partial charge in [0.05, 0.1) is 16.7 Å². The second-order valence-electron chi connectivity index (χ2n) is 6.09. The Morgan fingerprint density at radius 3 is 2.57 bits per heavy atom. The highest BCUT2D eigenvalue weighted by atomic mass is 15.2. The van der Waals surface area contributed by atoms with Crippen LogP contribution in [0.3, 0.4) is 0 Å². The van der Waals surface area contributed by atoms with Crippen molar-refractivity contribution < 1.29 is 0 Å². The van der Waals surface area contributed by atoms with Gasteiger partial charge in [0, 0.05) is 12.1 Å². The van der Waals surface area contributed by atoms with Crippen LogP contribution in [0.25, 0.3) is 16.9 Å². The summed E-state index contributed by atoms with van der Waals surface area (Å²) >= 11 is 0. The lowest BCUT2D eigenvalue weighted by molar-refractivity contribution is 0.420. The molecule has 108 valence electrons. The number of nitrogens with zero attached hydrogens (tertiary/aromatic N) is 4. The van der Waals surface area contributed by atoms with E-state index in [4.69, 9.17) is 0 Å². The van der Waals surface area contributed by atoms with Crippen molar-refractivity contribution in [2.75, 3.05) is 0 Å². The molecule has 0 saturated carbocycles. The van der Waals surface area contributed by atoms with E-state index in [0.717, 1.165) is 22.5 Å². The maximum Gasteiger partial charge on any atom is 0.161 e. The molecule has 0 amide bonds. The summed E-state index contributed by atoms with van der Waals surface area (Å²) in [5, 5.41) is 12.0. The van der Waals surface area contributed by atoms with E-state index >= 15 is 0 Å². The first-order chi connectivity index (χ1) is 10.0. The monoisotopic (exact) mass is 281 g/mol.